The maximum atomic E-state index is 3.78. The molecule has 2 heteroatoms. The molecule has 2 nitrogen and oxygen atoms in total. The Balaban J connectivity index is 1.71. The third-order valence-electron chi connectivity index (χ3n) is 5.10. The highest BCUT2D eigenvalue weighted by atomic mass is 15.2. The van der Waals surface area contributed by atoms with E-state index in [0.29, 0.717) is 6.04 Å². The molecule has 1 aliphatic heterocycles. The van der Waals surface area contributed by atoms with Crippen LogP contribution < -0.4 is 5.32 Å². The van der Waals surface area contributed by atoms with Crippen LogP contribution in [0.2, 0.25) is 0 Å². The number of nitrogens with one attached hydrogen (secondary N) is 1. The molecule has 0 radical (unpaired) electrons. The lowest BCUT2D eigenvalue weighted by Gasteiger charge is -2.40. The smallest absolute Gasteiger partial charge is 0.0240 e. The van der Waals surface area contributed by atoms with Crippen LogP contribution in [0.15, 0.2) is 24.3 Å². The molecule has 0 spiro atoms. The zero-order chi connectivity index (χ0) is 13.9. The molecule has 1 aromatic carbocycles. The Morgan fingerprint density at radius 1 is 1.15 bits per heavy atom. The molecular weight excluding hydrogens is 244 g/mol. The van der Waals surface area contributed by atoms with Crippen LogP contribution in [0.25, 0.3) is 0 Å². The van der Waals surface area contributed by atoms with Crippen molar-refractivity contribution in [2.75, 3.05) is 13.1 Å². The van der Waals surface area contributed by atoms with Crippen molar-refractivity contribution >= 4 is 0 Å². The van der Waals surface area contributed by atoms with Crippen molar-refractivity contribution in [3.05, 3.63) is 35.4 Å². The van der Waals surface area contributed by atoms with E-state index in [2.05, 4.69) is 48.3 Å². The van der Waals surface area contributed by atoms with Gasteiger partial charge in [-0.3, -0.25) is 4.90 Å². The van der Waals surface area contributed by atoms with E-state index in [1.54, 1.807) is 0 Å². The molecule has 1 heterocycles. The predicted molar refractivity (Wildman–Crippen MR) is 84.8 cm³/mol. The summed E-state index contributed by atoms with van der Waals surface area (Å²) in [7, 11) is 0. The van der Waals surface area contributed by atoms with Gasteiger partial charge in [-0.25, -0.2) is 0 Å². The van der Waals surface area contributed by atoms with E-state index in [1.165, 1.54) is 43.5 Å². The summed E-state index contributed by atoms with van der Waals surface area (Å²) in [6.45, 7) is 8.13. The first-order valence-corrected chi connectivity index (χ1v) is 8.36. The highest BCUT2D eigenvalue weighted by Crippen LogP contribution is 2.34. The molecule has 3 rings (SSSR count). The lowest BCUT2D eigenvalue weighted by Crippen LogP contribution is -2.56. The summed E-state index contributed by atoms with van der Waals surface area (Å²) in [5.74, 6) is 0.955. The first-order valence-electron chi connectivity index (χ1n) is 8.36. The molecule has 0 amide bonds. The van der Waals surface area contributed by atoms with Crippen LogP contribution in [0.4, 0.5) is 0 Å². The van der Waals surface area contributed by atoms with Crippen molar-refractivity contribution in [2.45, 2.75) is 58.2 Å². The SMILES string of the molecule is CCc1ccccc1CN1CC(C2CC2)NCC1CC. The molecule has 2 fully saturated rings. The first-order chi connectivity index (χ1) is 9.81. The Bertz CT molecular complexity index is 439. The second-order valence-corrected chi connectivity index (χ2v) is 6.47. The van der Waals surface area contributed by atoms with Crippen LogP contribution in [-0.2, 0) is 13.0 Å². The quantitative estimate of drug-likeness (QED) is 0.885. The minimum atomic E-state index is 0.704. The molecule has 1 N–H and O–H groups in total. The summed E-state index contributed by atoms with van der Waals surface area (Å²) < 4.78 is 0. The van der Waals surface area contributed by atoms with Crippen molar-refractivity contribution in [1.29, 1.82) is 0 Å². The highest BCUT2D eigenvalue weighted by Gasteiger charge is 2.36. The fourth-order valence-corrected chi connectivity index (χ4v) is 3.57. The lowest BCUT2D eigenvalue weighted by molar-refractivity contribution is 0.111. The third kappa shape index (κ3) is 3.07. The number of rotatable bonds is 5. The fourth-order valence-electron chi connectivity index (χ4n) is 3.57. The van der Waals surface area contributed by atoms with E-state index in [1.807, 2.05) is 0 Å². The van der Waals surface area contributed by atoms with E-state index in [0.717, 1.165) is 24.9 Å². The summed E-state index contributed by atoms with van der Waals surface area (Å²) in [6, 6.07) is 10.4. The molecule has 20 heavy (non-hydrogen) atoms. The topological polar surface area (TPSA) is 15.3 Å². The molecule has 1 aromatic rings. The van der Waals surface area contributed by atoms with Crippen LogP contribution >= 0.6 is 0 Å². The Labute approximate surface area is 123 Å². The number of piperazine rings is 1. The summed E-state index contributed by atoms with van der Waals surface area (Å²) in [5.41, 5.74) is 3.05. The number of hydrogen-bond donors (Lipinski definition) is 1. The van der Waals surface area contributed by atoms with Gasteiger partial charge in [-0.05, 0) is 42.7 Å². The van der Waals surface area contributed by atoms with E-state index in [9.17, 15) is 0 Å². The molecule has 0 bridgehead atoms. The van der Waals surface area contributed by atoms with Crippen LogP contribution in [0.1, 0.15) is 44.2 Å². The summed E-state index contributed by atoms with van der Waals surface area (Å²) in [6.07, 6.45) is 5.27. The maximum absolute atomic E-state index is 3.78. The van der Waals surface area contributed by atoms with Crippen LogP contribution in [0.5, 0.6) is 0 Å². The van der Waals surface area contributed by atoms with Crippen molar-refractivity contribution in [3.8, 4) is 0 Å². The van der Waals surface area contributed by atoms with Gasteiger partial charge in [0.25, 0.3) is 0 Å². The van der Waals surface area contributed by atoms with Gasteiger partial charge in [-0.2, -0.15) is 0 Å². The van der Waals surface area contributed by atoms with Gasteiger partial charge in [0, 0.05) is 31.7 Å². The first kappa shape index (κ1) is 14.1. The van der Waals surface area contributed by atoms with Crippen molar-refractivity contribution < 1.29 is 0 Å². The zero-order valence-corrected chi connectivity index (χ0v) is 12.9. The molecular formula is C18H28N2. The Hall–Kier alpha value is -0.860. The second kappa shape index (κ2) is 6.28. The maximum Gasteiger partial charge on any atom is 0.0240 e. The van der Waals surface area contributed by atoms with E-state index < -0.39 is 0 Å². The third-order valence-corrected chi connectivity index (χ3v) is 5.10. The van der Waals surface area contributed by atoms with Gasteiger partial charge in [-0.15, -0.1) is 0 Å². The fraction of sp³-hybridized carbons (Fsp3) is 0.667. The molecule has 2 unspecified atom stereocenters. The number of benzene rings is 1. The van der Waals surface area contributed by atoms with Gasteiger partial charge in [0.05, 0.1) is 0 Å². The minimum Gasteiger partial charge on any atom is -0.311 e. The molecule has 0 aromatic heterocycles. The molecule has 1 aliphatic carbocycles. The Kier molecular flexibility index (Phi) is 4.42. The van der Waals surface area contributed by atoms with Crippen LogP contribution in [0, 0.1) is 5.92 Å². The van der Waals surface area contributed by atoms with Gasteiger partial charge in [0.1, 0.15) is 0 Å². The molecule has 110 valence electrons. The van der Waals surface area contributed by atoms with E-state index in [4.69, 9.17) is 0 Å². The number of aryl methyl sites for hydroxylation is 1. The molecule has 1 saturated heterocycles. The van der Waals surface area contributed by atoms with Gasteiger partial charge < -0.3 is 5.32 Å². The average molecular weight is 272 g/mol. The normalized spacial score (nSPS) is 27.7. The van der Waals surface area contributed by atoms with Gasteiger partial charge in [0.15, 0.2) is 0 Å². The standard InChI is InChI=1S/C18H28N2/c1-3-14-7-5-6-8-16(14)12-20-13-18(15-9-10-15)19-11-17(20)4-2/h5-8,15,17-19H,3-4,9-13H2,1-2H3. The second-order valence-electron chi connectivity index (χ2n) is 6.47. The van der Waals surface area contributed by atoms with E-state index in [-0.39, 0.29) is 0 Å². The monoisotopic (exact) mass is 272 g/mol. The largest absolute Gasteiger partial charge is 0.311 e. The predicted octanol–water partition coefficient (Wildman–Crippen LogP) is 3.21. The van der Waals surface area contributed by atoms with Gasteiger partial charge in [0.2, 0.25) is 0 Å². The van der Waals surface area contributed by atoms with Gasteiger partial charge in [-0.1, -0.05) is 38.1 Å². The molecule has 2 aliphatic rings. The van der Waals surface area contributed by atoms with Crippen LogP contribution in [0.3, 0.4) is 0 Å². The summed E-state index contributed by atoms with van der Waals surface area (Å²) >= 11 is 0. The number of hydrogen-bond acceptors (Lipinski definition) is 2. The van der Waals surface area contributed by atoms with Crippen molar-refractivity contribution in [2.24, 2.45) is 5.92 Å². The average Bonchev–Trinajstić information content (AvgIpc) is 3.32. The Morgan fingerprint density at radius 3 is 2.55 bits per heavy atom. The van der Waals surface area contributed by atoms with Crippen molar-refractivity contribution in [1.82, 2.24) is 10.2 Å². The Morgan fingerprint density at radius 2 is 1.90 bits per heavy atom. The number of nitrogens with zero attached hydrogens (tertiary/aromatic N) is 1. The molecule has 2 atom stereocenters. The van der Waals surface area contributed by atoms with Crippen LogP contribution in [-0.4, -0.2) is 30.1 Å². The van der Waals surface area contributed by atoms with E-state index >= 15 is 0 Å². The van der Waals surface area contributed by atoms with Crippen molar-refractivity contribution in [3.63, 3.8) is 0 Å². The zero-order valence-electron chi connectivity index (χ0n) is 12.9. The lowest BCUT2D eigenvalue weighted by atomic mass is 10.00. The minimum absolute atomic E-state index is 0.704. The molecule has 1 saturated carbocycles. The summed E-state index contributed by atoms with van der Waals surface area (Å²) in [4.78, 5) is 2.73. The van der Waals surface area contributed by atoms with Gasteiger partial charge >= 0.3 is 0 Å². The highest BCUT2D eigenvalue weighted by molar-refractivity contribution is 5.27. The summed E-state index contributed by atoms with van der Waals surface area (Å²) in [5, 5.41) is 3.78.